The predicted octanol–water partition coefficient (Wildman–Crippen LogP) is 5.98. The van der Waals surface area contributed by atoms with Crippen molar-refractivity contribution in [2.24, 2.45) is 0 Å². The summed E-state index contributed by atoms with van der Waals surface area (Å²) in [5.74, 6) is 1.73. The zero-order valence-electron chi connectivity index (χ0n) is 27.5. The number of benzene rings is 2. The molecule has 6 aromatic rings. The Morgan fingerprint density at radius 3 is 2.59 bits per heavy atom. The standard InChI is InChI=1S/C36H31F3N10O2/c1-51-33-27(28(21-9-10-21)40-18-42-33)30-41-19-43-34(45-30)49(35(12-13-35)29-24-6-2-3-7-25(24)32(50)47-46-29)16-20-8-11-23-22(15-20)5-4-14-48-17-26(36(37,38)39)44-31(23)48/h2-3,6-8,11,15,17-19,21H,4-5,9-10,12-14,16H2,1H3,(H,47,50). The van der Waals surface area contributed by atoms with E-state index in [1.54, 1.807) is 17.7 Å². The first-order valence-electron chi connectivity index (χ1n) is 16.8. The molecule has 0 amide bonds. The van der Waals surface area contributed by atoms with Crippen molar-refractivity contribution in [2.75, 3.05) is 12.0 Å². The molecule has 1 aliphatic heterocycles. The summed E-state index contributed by atoms with van der Waals surface area (Å²) < 4.78 is 48.1. The molecule has 15 heteroatoms. The summed E-state index contributed by atoms with van der Waals surface area (Å²) in [7, 11) is 1.55. The van der Waals surface area contributed by atoms with Crippen LogP contribution in [-0.2, 0) is 31.2 Å². The molecule has 258 valence electrons. The second-order valence-corrected chi connectivity index (χ2v) is 13.3. The van der Waals surface area contributed by atoms with E-state index in [1.807, 2.05) is 36.4 Å². The lowest BCUT2D eigenvalue weighted by atomic mass is 9.98. The summed E-state index contributed by atoms with van der Waals surface area (Å²) in [4.78, 5) is 42.1. The van der Waals surface area contributed by atoms with Crippen molar-refractivity contribution in [1.82, 2.24) is 44.7 Å². The van der Waals surface area contributed by atoms with Crippen LogP contribution in [0.15, 0.2) is 66.1 Å². The van der Waals surface area contributed by atoms with Gasteiger partial charge in [0, 0.05) is 36.2 Å². The molecule has 2 saturated carbocycles. The number of aromatic nitrogens is 9. The molecule has 1 N–H and O–H groups in total. The maximum atomic E-state index is 13.6. The third-order valence-electron chi connectivity index (χ3n) is 10.1. The lowest BCUT2D eigenvalue weighted by Crippen LogP contribution is -2.38. The molecule has 5 heterocycles. The largest absolute Gasteiger partial charge is 0.480 e. The van der Waals surface area contributed by atoms with Crippen LogP contribution in [0.1, 0.15) is 66.2 Å². The zero-order chi connectivity index (χ0) is 34.9. The van der Waals surface area contributed by atoms with Gasteiger partial charge in [0.05, 0.1) is 29.4 Å². The van der Waals surface area contributed by atoms with E-state index in [-0.39, 0.29) is 11.5 Å². The van der Waals surface area contributed by atoms with Crippen LogP contribution in [0, 0.1) is 0 Å². The van der Waals surface area contributed by atoms with Crippen LogP contribution in [0.4, 0.5) is 19.1 Å². The molecule has 0 spiro atoms. The molecule has 0 bridgehead atoms. The van der Waals surface area contributed by atoms with Crippen LogP contribution in [0.5, 0.6) is 5.88 Å². The first-order chi connectivity index (χ1) is 24.7. The fourth-order valence-electron chi connectivity index (χ4n) is 7.32. The number of hydrogen-bond donors (Lipinski definition) is 1. The number of halogens is 3. The first-order valence-corrected chi connectivity index (χ1v) is 16.8. The van der Waals surface area contributed by atoms with Crippen molar-refractivity contribution in [3.8, 4) is 28.7 Å². The zero-order valence-corrected chi connectivity index (χ0v) is 27.5. The number of anilines is 1. The summed E-state index contributed by atoms with van der Waals surface area (Å²) in [6.07, 6.45) is 4.30. The van der Waals surface area contributed by atoms with Gasteiger partial charge in [0.25, 0.3) is 5.56 Å². The molecular weight excluding hydrogens is 661 g/mol. The fourth-order valence-corrected chi connectivity index (χ4v) is 7.32. The fraction of sp³-hybridized carbons (Fsp3) is 0.333. The number of methoxy groups -OCH3 is 1. The highest BCUT2D eigenvalue weighted by atomic mass is 19.4. The Balaban J connectivity index is 1.17. The molecule has 2 aromatic carbocycles. The number of rotatable bonds is 8. The van der Waals surface area contributed by atoms with Crippen molar-refractivity contribution in [3.63, 3.8) is 0 Å². The molecular formula is C36H31F3N10O2. The highest BCUT2D eigenvalue weighted by Crippen LogP contribution is 2.53. The van der Waals surface area contributed by atoms with Gasteiger partial charge in [-0.3, -0.25) is 4.79 Å². The van der Waals surface area contributed by atoms with E-state index in [0.717, 1.165) is 41.2 Å². The summed E-state index contributed by atoms with van der Waals surface area (Å²) in [5, 5.41) is 8.59. The number of aromatic amines is 1. The van der Waals surface area contributed by atoms with Crippen molar-refractivity contribution in [3.05, 3.63) is 99.9 Å². The van der Waals surface area contributed by atoms with Crippen LogP contribution >= 0.6 is 0 Å². The third kappa shape index (κ3) is 5.38. The number of nitrogens with zero attached hydrogens (tertiary/aromatic N) is 9. The first kappa shape index (κ1) is 31.3. The minimum Gasteiger partial charge on any atom is -0.480 e. The number of fused-ring (bicyclic) bond motifs is 4. The quantitative estimate of drug-likeness (QED) is 0.203. The van der Waals surface area contributed by atoms with E-state index < -0.39 is 17.4 Å². The van der Waals surface area contributed by atoms with Gasteiger partial charge in [0.1, 0.15) is 24.0 Å². The number of H-pyrrole nitrogens is 1. The lowest BCUT2D eigenvalue weighted by Gasteiger charge is -2.32. The predicted molar refractivity (Wildman–Crippen MR) is 180 cm³/mol. The van der Waals surface area contributed by atoms with Gasteiger partial charge in [-0.15, -0.1) is 0 Å². The van der Waals surface area contributed by atoms with E-state index in [1.165, 1.54) is 12.7 Å². The molecule has 4 aromatic heterocycles. The highest BCUT2D eigenvalue weighted by molar-refractivity contribution is 5.85. The van der Waals surface area contributed by atoms with E-state index >= 15 is 0 Å². The third-order valence-corrected chi connectivity index (χ3v) is 10.1. The van der Waals surface area contributed by atoms with E-state index in [2.05, 4.69) is 35.0 Å². The number of aryl methyl sites for hydroxylation is 2. The monoisotopic (exact) mass is 692 g/mol. The highest BCUT2D eigenvalue weighted by Gasteiger charge is 2.53. The van der Waals surface area contributed by atoms with Crippen molar-refractivity contribution in [2.45, 2.75) is 69.2 Å². The number of ether oxygens (including phenoxy) is 1. The normalized spacial score (nSPS) is 16.3. The average molecular weight is 693 g/mol. The van der Waals surface area contributed by atoms with Crippen molar-refractivity contribution in [1.29, 1.82) is 0 Å². The lowest BCUT2D eigenvalue weighted by molar-refractivity contribution is -0.140. The molecule has 2 aliphatic carbocycles. The number of hydrogen-bond acceptors (Lipinski definition) is 10. The van der Waals surface area contributed by atoms with Gasteiger partial charge < -0.3 is 14.2 Å². The molecule has 2 fully saturated rings. The van der Waals surface area contributed by atoms with Gasteiger partial charge in [-0.1, -0.05) is 36.4 Å². The van der Waals surface area contributed by atoms with Crippen LogP contribution in [0.25, 0.3) is 33.5 Å². The molecule has 0 unspecified atom stereocenters. The van der Waals surface area contributed by atoms with Gasteiger partial charge in [-0.2, -0.15) is 23.3 Å². The van der Waals surface area contributed by atoms with Crippen molar-refractivity contribution < 1.29 is 17.9 Å². The van der Waals surface area contributed by atoms with Gasteiger partial charge in [0.15, 0.2) is 11.5 Å². The Labute approximate surface area is 288 Å². The molecule has 51 heavy (non-hydrogen) atoms. The van der Waals surface area contributed by atoms with E-state index in [0.29, 0.717) is 84.5 Å². The Morgan fingerprint density at radius 2 is 1.82 bits per heavy atom. The maximum absolute atomic E-state index is 13.6. The second kappa shape index (κ2) is 11.7. The molecule has 12 nitrogen and oxygen atoms in total. The number of nitrogens with one attached hydrogen (secondary N) is 1. The summed E-state index contributed by atoms with van der Waals surface area (Å²) in [5.41, 5.74) is 2.82. The Hall–Kier alpha value is -5.73. The van der Waals surface area contributed by atoms with Gasteiger partial charge in [0.2, 0.25) is 11.8 Å². The molecule has 9 rings (SSSR count). The summed E-state index contributed by atoms with van der Waals surface area (Å²) in [6.45, 7) is 0.776. The topological polar surface area (TPSA) is 140 Å². The summed E-state index contributed by atoms with van der Waals surface area (Å²) in [6, 6.07) is 13.2. The van der Waals surface area contributed by atoms with Gasteiger partial charge in [-0.25, -0.2) is 30.0 Å². The van der Waals surface area contributed by atoms with Crippen LogP contribution in [0.2, 0.25) is 0 Å². The van der Waals surface area contributed by atoms with Gasteiger partial charge >= 0.3 is 6.18 Å². The van der Waals surface area contributed by atoms with E-state index in [9.17, 15) is 18.0 Å². The Morgan fingerprint density at radius 1 is 1.02 bits per heavy atom. The van der Waals surface area contributed by atoms with Crippen molar-refractivity contribution >= 4 is 16.7 Å². The number of alkyl halides is 3. The Kier molecular flexibility index (Phi) is 7.16. The van der Waals surface area contributed by atoms with Crippen LogP contribution in [-0.4, -0.2) is 51.8 Å². The second-order valence-electron chi connectivity index (χ2n) is 13.3. The SMILES string of the molecule is COc1ncnc(C2CC2)c1-c1ncnc(N(Cc2ccc3c(c2)CCCn2cc(C(F)(F)F)nc2-3)C2(c3n[nH]c(=O)c4ccccc34)CC2)n1. The average Bonchev–Trinajstić information content (AvgIpc) is 4.08. The van der Waals surface area contributed by atoms with Crippen LogP contribution < -0.4 is 15.2 Å². The molecule has 0 radical (unpaired) electrons. The minimum absolute atomic E-state index is 0.266. The Bertz CT molecular complexity index is 2380. The number of imidazole rings is 1. The minimum atomic E-state index is -4.53. The van der Waals surface area contributed by atoms with Gasteiger partial charge in [-0.05, 0) is 55.7 Å². The van der Waals surface area contributed by atoms with E-state index in [4.69, 9.17) is 14.7 Å². The molecule has 3 aliphatic rings. The molecule has 0 saturated heterocycles. The van der Waals surface area contributed by atoms with Crippen LogP contribution in [0.3, 0.4) is 0 Å². The molecule has 0 atom stereocenters. The summed E-state index contributed by atoms with van der Waals surface area (Å²) >= 11 is 0. The maximum Gasteiger partial charge on any atom is 0.434 e. The smallest absolute Gasteiger partial charge is 0.434 e.